The molecule has 1 N–H and O–H groups in total. The minimum absolute atomic E-state index is 0.0356. The third-order valence-corrected chi connectivity index (χ3v) is 8.00. The highest BCUT2D eigenvalue weighted by atomic mass is 19.3. The summed E-state index contributed by atoms with van der Waals surface area (Å²) in [6.45, 7) is 2.55. The van der Waals surface area contributed by atoms with E-state index in [1.54, 1.807) is 25.4 Å². The van der Waals surface area contributed by atoms with Crippen molar-refractivity contribution in [3.05, 3.63) is 89.4 Å². The van der Waals surface area contributed by atoms with Gasteiger partial charge in [0.15, 0.2) is 0 Å². The van der Waals surface area contributed by atoms with Gasteiger partial charge in [-0.25, -0.2) is 4.79 Å². The average molecular weight is 574 g/mol. The number of aromatic nitrogens is 1. The number of hydrogen-bond acceptors (Lipinski definition) is 7. The van der Waals surface area contributed by atoms with Crippen molar-refractivity contribution in [3.63, 3.8) is 0 Å². The molecule has 2 aromatic heterocycles. The second kappa shape index (κ2) is 13.5. The van der Waals surface area contributed by atoms with Crippen molar-refractivity contribution in [2.24, 2.45) is 5.92 Å². The van der Waals surface area contributed by atoms with E-state index in [2.05, 4.69) is 22.2 Å². The number of fused-ring (bicyclic) bond motifs is 1. The molecule has 1 aliphatic rings. The zero-order valence-corrected chi connectivity index (χ0v) is 24.0. The minimum Gasteiger partial charge on any atom is -0.487 e. The van der Waals surface area contributed by atoms with E-state index in [9.17, 15) is 14.1 Å². The summed E-state index contributed by atoms with van der Waals surface area (Å²) in [4.78, 5) is 32.8. The van der Waals surface area contributed by atoms with Gasteiger partial charge in [0.05, 0.1) is 18.2 Å². The van der Waals surface area contributed by atoms with Crippen LogP contribution in [0.2, 0.25) is 0 Å². The lowest BCUT2D eigenvalue weighted by molar-refractivity contribution is -0.183. The summed E-state index contributed by atoms with van der Waals surface area (Å²) in [7, 11) is 1.57. The van der Waals surface area contributed by atoms with Crippen molar-refractivity contribution in [1.29, 1.82) is 0 Å². The van der Waals surface area contributed by atoms with Crippen LogP contribution in [-0.2, 0) is 16.3 Å². The fourth-order valence-corrected chi connectivity index (χ4v) is 5.62. The summed E-state index contributed by atoms with van der Waals surface area (Å²) < 4.78 is 24.5. The van der Waals surface area contributed by atoms with Gasteiger partial charge in [0, 0.05) is 46.5 Å². The van der Waals surface area contributed by atoms with Crippen molar-refractivity contribution in [3.8, 4) is 5.75 Å². The quantitative estimate of drug-likeness (QED) is 0.201. The Bertz CT molecular complexity index is 1500. The van der Waals surface area contributed by atoms with Gasteiger partial charge in [-0.05, 0) is 80.3 Å². The van der Waals surface area contributed by atoms with E-state index in [4.69, 9.17) is 9.15 Å². The van der Waals surface area contributed by atoms with Crippen molar-refractivity contribution < 1.29 is 28.2 Å². The van der Waals surface area contributed by atoms with Crippen LogP contribution in [0.1, 0.15) is 71.9 Å². The number of carbonyl (C=O) groups excluding carboxylic acids is 2. The number of carbonyl (C=O) groups is 2. The van der Waals surface area contributed by atoms with E-state index in [0.717, 1.165) is 52.3 Å². The Kier molecular flexibility index (Phi) is 9.36. The Labute approximate surface area is 244 Å². The van der Waals surface area contributed by atoms with Crippen LogP contribution >= 0.6 is 0 Å². The number of pyridine rings is 1. The van der Waals surface area contributed by atoms with Gasteiger partial charge in [-0.3, -0.25) is 14.7 Å². The van der Waals surface area contributed by atoms with Crippen molar-refractivity contribution in [1.82, 2.24) is 9.88 Å². The number of nitrogens with one attached hydrogen (secondary N) is 1. The highest BCUT2D eigenvalue weighted by molar-refractivity contribution is 5.94. The van der Waals surface area contributed by atoms with Crippen LogP contribution in [0.4, 0.5) is 10.2 Å². The first-order chi connectivity index (χ1) is 20.4. The van der Waals surface area contributed by atoms with Crippen molar-refractivity contribution in [2.75, 3.05) is 18.9 Å². The van der Waals surface area contributed by atoms with E-state index in [0.29, 0.717) is 18.1 Å². The van der Waals surface area contributed by atoms with Gasteiger partial charge < -0.3 is 19.4 Å². The number of benzene rings is 2. The van der Waals surface area contributed by atoms with E-state index < -0.39 is 5.97 Å². The average Bonchev–Trinajstić information content (AvgIpc) is 3.37. The molecule has 1 unspecified atom stereocenters. The molecule has 2 aromatic carbocycles. The van der Waals surface area contributed by atoms with E-state index in [-0.39, 0.29) is 24.9 Å². The lowest BCUT2D eigenvalue weighted by Gasteiger charge is -2.31. The molecule has 1 atom stereocenters. The topological polar surface area (TPSA) is 93.9 Å². The Morgan fingerprint density at radius 3 is 2.60 bits per heavy atom. The number of furan rings is 1. The summed E-state index contributed by atoms with van der Waals surface area (Å²) in [5.41, 5.74) is 4.12. The van der Waals surface area contributed by atoms with Crippen molar-refractivity contribution >= 4 is 28.5 Å². The van der Waals surface area contributed by atoms with Crippen LogP contribution in [0.5, 0.6) is 5.75 Å². The SMILES string of the molecule is Cc1c(C(Nc2ccc(C(=O)N(C)CCC(=O)OF)cc2)C2CCCCC2)oc2ccc(OCc3ccccn3)cc12. The molecule has 0 aliphatic heterocycles. The molecule has 1 fully saturated rings. The zero-order chi connectivity index (χ0) is 29.5. The first-order valence-electron chi connectivity index (χ1n) is 14.4. The minimum atomic E-state index is -1.00. The van der Waals surface area contributed by atoms with Crippen molar-refractivity contribution in [2.45, 2.75) is 58.1 Å². The fraction of sp³-hybridized carbons (Fsp3) is 0.364. The normalized spacial score (nSPS) is 14.4. The molecule has 0 spiro atoms. The Morgan fingerprint density at radius 2 is 1.88 bits per heavy atom. The molecule has 0 radical (unpaired) electrons. The Balaban J connectivity index is 1.34. The molecule has 1 amide bonds. The monoisotopic (exact) mass is 573 g/mol. The maximum Gasteiger partial charge on any atom is 0.350 e. The summed E-state index contributed by atoms with van der Waals surface area (Å²) >= 11 is 0. The molecule has 5 rings (SSSR count). The van der Waals surface area contributed by atoms with Crippen LogP contribution in [-0.4, -0.2) is 35.4 Å². The highest BCUT2D eigenvalue weighted by Crippen LogP contribution is 2.41. The standard InChI is InChI=1S/C33H36FN3O5/c1-22-28-20-27(40-21-26-10-6-7-18-35-26)15-16-29(28)41-32(22)31(23-8-4-3-5-9-23)36-25-13-11-24(12-14-25)33(39)37(2)19-17-30(38)42-34/h6-7,10-16,18,20,23,31,36H,3-5,8-9,17,19,21H2,1-2H3. The van der Waals surface area contributed by atoms with Gasteiger partial charge in [0.2, 0.25) is 0 Å². The summed E-state index contributed by atoms with van der Waals surface area (Å²) in [6.07, 6.45) is 7.37. The van der Waals surface area contributed by atoms with E-state index in [1.807, 2.05) is 48.5 Å². The first-order valence-corrected chi connectivity index (χ1v) is 14.4. The predicted octanol–water partition coefficient (Wildman–Crippen LogP) is 7.34. The van der Waals surface area contributed by atoms with Crippen LogP contribution in [0.3, 0.4) is 0 Å². The van der Waals surface area contributed by atoms with Crippen LogP contribution < -0.4 is 10.1 Å². The number of hydrogen-bond donors (Lipinski definition) is 1. The second-order valence-electron chi connectivity index (χ2n) is 10.9. The van der Waals surface area contributed by atoms with E-state index >= 15 is 0 Å². The largest absolute Gasteiger partial charge is 0.487 e. The lowest BCUT2D eigenvalue weighted by atomic mass is 9.82. The Morgan fingerprint density at radius 1 is 1.10 bits per heavy atom. The number of ether oxygens (including phenoxy) is 1. The van der Waals surface area contributed by atoms with Gasteiger partial charge in [0.25, 0.3) is 5.91 Å². The van der Waals surface area contributed by atoms with E-state index in [1.165, 1.54) is 24.2 Å². The number of aryl methyl sites for hydroxylation is 1. The first kappa shape index (κ1) is 29.1. The molecule has 0 saturated heterocycles. The third-order valence-electron chi connectivity index (χ3n) is 8.00. The maximum absolute atomic E-state index is 12.8. The summed E-state index contributed by atoms with van der Waals surface area (Å²) in [5.74, 6) is 0.819. The molecule has 4 aromatic rings. The van der Waals surface area contributed by atoms with Gasteiger partial charge in [0.1, 0.15) is 23.7 Å². The second-order valence-corrected chi connectivity index (χ2v) is 10.9. The van der Waals surface area contributed by atoms with Gasteiger partial charge in [-0.1, -0.05) is 25.3 Å². The number of halogens is 1. The molecule has 0 bridgehead atoms. The van der Waals surface area contributed by atoms with Crippen LogP contribution in [0, 0.1) is 12.8 Å². The summed E-state index contributed by atoms with van der Waals surface area (Å²) in [5, 5.41) is 4.73. The summed E-state index contributed by atoms with van der Waals surface area (Å²) in [6, 6.07) is 18.9. The van der Waals surface area contributed by atoms with Gasteiger partial charge in [-0.2, -0.15) is 0 Å². The molecule has 1 saturated carbocycles. The molecule has 8 nitrogen and oxygen atoms in total. The molecular weight excluding hydrogens is 537 g/mol. The molecule has 1 aliphatic carbocycles. The number of amides is 1. The van der Waals surface area contributed by atoms with Gasteiger partial charge in [-0.15, -0.1) is 0 Å². The maximum atomic E-state index is 12.8. The number of anilines is 1. The molecular formula is C33H36FN3O5. The van der Waals surface area contributed by atoms with Crippen LogP contribution in [0.25, 0.3) is 11.0 Å². The highest BCUT2D eigenvalue weighted by Gasteiger charge is 2.30. The molecule has 42 heavy (non-hydrogen) atoms. The zero-order valence-electron chi connectivity index (χ0n) is 24.0. The number of nitrogens with zero attached hydrogens (tertiary/aromatic N) is 2. The molecule has 220 valence electrons. The Hall–Kier alpha value is -4.40. The number of rotatable bonds is 11. The third kappa shape index (κ3) is 6.90. The van der Waals surface area contributed by atoms with Gasteiger partial charge >= 0.3 is 5.97 Å². The predicted molar refractivity (Wildman–Crippen MR) is 158 cm³/mol. The molecule has 9 heteroatoms. The lowest BCUT2D eigenvalue weighted by Crippen LogP contribution is -2.29. The smallest absolute Gasteiger partial charge is 0.350 e. The van der Waals surface area contributed by atoms with Crippen LogP contribution in [0.15, 0.2) is 71.3 Å². The fourth-order valence-electron chi connectivity index (χ4n) is 5.62. The molecule has 2 heterocycles.